The summed E-state index contributed by atoms with van der Waals surface area (Å²) >= 11 is 4.66. The first kappa shape index (κ1) is 11.1. The molecule has 3 heteroatoms. The predicted octanol–water partition coefficient (Wildman–Crippen LogP) is 4.55. The van der Waals surface area contributed by atoms with Crippen LogP contribution in [0.5, 0.6) is 0 Å². The van der Waals surface area contributed by atoms with E-state index in [-0.39, 0.29) is 0 Å². The van der Waals surface area contributed by atoms with Crippen molar-refractivity contribution in [2.45, 2.75) is 13.5 Å². The molecule has 0 bridgehead atoms. The average molecular weight is 252 g/mol. The molecule has 0 spiro atoms. The van der Waals surface area contributed by atoms with Gasteiger partial charge in [0.1, 0.15) is 0 Å². The molecule has 0 N–H and O–H groups in total. The van der Waals surface area contributed by atoms with E-state index in [0.717, 1.165) is 12.2 Å². The maximum absolute atomic E-state index is 4.66. The molecule has 3 aromatic rings. The summed E-state index contributed by atoms with van der Waals surface area (Å²) in [5, 5.41) is 4.90. The van der Waals surface area contributed by atoms with E-state index in [4.69, 9.17) is 0 Å². The number of fused-ring (bicyclic) bond motifs is 3. The Morgan fingerprint density at radius 3 is 2.67 bits per heavy atom. The molecule has 1 heterocycles. The van der Waals surface area contributed by atoms with E-state index < -0.39 is 0 Å². The van der Waals surface area contributed by atoms with Gasteiger partial charge in [-0.2, -0.15) is 4.99 Å². The Kier molecular flexibility index (Phi) is 2.71. The molecule has 1 aromatic heterocycles. The first-order valence-electron chi connectivity index (χ1n) is 5.94. The first-order chi connectivity index (χ1) is 8.85. The Labute approximate surface area is 111 Å². The molecular formula is C15H12N2S. The summed E-state index contributed by atoms with van der Waals surface area (Å²) in [7, 11) is 0. The predicted molar refractivity (Wildman–Crippen MR) is 79.8 cm³/mol. The second-order valence-corrected chi connectivity index (χ2v) is 4.35. The minimum atomic E-state index is 0.858. The molecule has 0 unspecified atom stereocenters. The second-order valence-electron chi connectivity index (χ2n) is 4.17. The molecule has 2 nitrogen and oxygen atoms in total. The summed E-state index contributed by atoms with van der Waals surface area (Å²) in [5.74, 6) is 0. The normalized spacial score (nSPS) is 10.7. The minimum absolute atomic E-state index is 0.858. The molecule has 18 heavy (non-hydrogen) atoms. The van der Waals surface area contributed by atoms with Crippen molar-refractivity contribution in [2.75, 3.05) is 0 Å². The van der Waals surface area contributed by atoms with Crippen molar-refractivity contribution in [3.63, 3.8) is 0 Å². The zero-order valence-electron chi connectivity index (χ0n) is 10.1. The molecule has 0 radical (unpaired) electrons. The third-order valence-electron chi connectivity index (χ3n) is 3.25. The summed E-state index contributed by atoms with van der Waals surface area (Å²) in [6.45, 7) is 3.12. The quantitative estimate of drug-likeness (QED) is 0.483. The number of nitrogens with zero attached hydrogens (tertiary/aromatic N) is 2. The second kappa shape index (κ2) is 4.37. The number of aromatic nitrogens is 1. The molecule has 0 saturated carbocycles. The monoisotopic (exact) mass is 252 g/mol. The lowest BCUT2D eigenvalue weighted by atomic mass is 10.1. The van der Waals surface area contributed by atoms with Crippen molar-refractivity contribution in [1.82, 2.24) is 4.57 Å². The lowest BCUT2D eigenvalue weighted by molar-refractivity contribution is 0.827. The molecule has 0 saturated heterocycles. The molecule has 2 aromatic carbocycles. The van der Waals surface area contributed by atoms with E-state index in [1.807, 2.05) is 6.07 Å². The molecule has 0 aliphatic rings. The Morgan fingerprint density at radius 1 is 1.11 bits per heavy atom. The number of isothiocyanates is 1. The van der Waals surface area contributed by atoms with Crippen LogP contribution >= 0.6 is 12.2 Å². The van der Waals surface area contributed by atoms with Crippen molar-refractivity contribution >= 4 is 44.9 Å². The smallest absolute Gasteiger partial charge is 0.0747 e. The standard InChI is InChI=1S/C15H12N2S/c1-2-17-14-6-4-3-5-12(14)13-9-11(16-10-18)7-8-15(13)17/h3-9H,2H2,1H3. The lowest BCUT2D eigenvalue weighted by Gasteiger charge is -2.02. The Hall–Kier alpha value is -1.96. The number of thiocarbonyl (C=S) groups is 1. The van der Waals surface area contributed by atoms with Gasteiger partial charge in [-0.3, -0.25) is 0 Å². The van der Waals surface area contributed by atoms with Crippen molar-refractivity contribution in [3.05, 3.63) is 42.5 Å². The molecular weight excluding hydrogens is 240 g/mol. The number of hydrogen-bond acceptors (Lipinski definition) is 2. The van der Waals surface area contributed by atoms with Gasteiger partial charge in [-0.05, 0) is 43.4 Å². The molecule has 3 rings (SSSR count). The summed E-state index contributed by atoms with van der Waals surface area (Å²) in [6, 6.07) is 14.6. The summed E-state index contributed by atoms with van der Waals surface area (Å²) in [5.41, 5.74) is 3.36. The number of rotatable bonds is 2. The van der Waals surface area contributed by atoms with Gasteiger partial charge in [-0.1, -0.05) is 18.2 Å². The van der Waals surface area contributed by atoms with Crippen LogP contribution in [0.25, 0.3) is 21.8 Å². The van der Waals surface area contributed by atoms with Gasteiger partial charge in [0, 0.05) is 28.4 Å². The van der Waals surface area contributed by atoms with Crippen molar-refractivity contribution in [2.24, 2.45) is 4.99 Å². The molecule has 88 valence electrons. The zero-order valence-corrected chi connectivity index (χ0v) is 10.9. The van der Waals surface area contributed by atoms with Crippen LogP contribution < -0.4 is 0 Å². The number of benzene rings is 2. The summed E-state index contributed by atoms with van der Waals surface area (Å²) in [4.78, 5) is 4.05. The van der Waals surface area contributed by atoms with Crippen LogP contribution in [-0.4, -0.2) is 9.73 Å². The van der Waals surface area contributed by atoms with E-state index in [1.54, 1.807) is 0 Å². The summed E-state index contributed by atoms with van der Waals surface area (Å²) < 4.78 is 2.32. The Bertz CT molecular complexity index is 780. The SMILES string of the molecule is CCn1c2ccccc2c2cc(N=C=S)ccc21. The molecule has 0 amide bonds. The van der Waals surface area contributed by atoms with Gasteiger partial charge >= 0.3 is 0 Å². The third-order valence-corrected chi connectivity index (χ3v) is 3.34. The fraction of sp³-hybridized carbons (Fsp3) is 0.133. The highest BCUT2D eigenvalue weighted by atomic mass is 32.1. The van der Waals surface area contributed by atoms with Crippen LogP contribution in [0.3, 0.4) is 0 Å². The molecule has 0 atom stereocenters. The number of aryl methyl sites for hydroxylation is 1. The first-order valence-corrected chi connectivity index (χ1v) is 6.35. The van der Waals surface area contributed by atoms with Gasteiger partial charge in [0.2, 0.25) is 0 Å². The third kappa shape index (κ3) is 1.57. The van der Waals surface area contributed by atoms with Crippen molar-refractivity contribution in [1.29, 1.82) is 0 Å². The Morgan fingerprint density at radius 2 is 1.89 bits per heavy atom. The molecule has 0 aliphatic carbocycles. The van der Waals surface area contributed by atoms with Crippen LogP contribution in [0.1, 0.15) is 6.92 Å². The highest BCUT2D eigenvalue weighted by molar-refractivity contribution is 7.78. The van der Waals surface area contributed by atoms with Gasteiger partial charge in [0.15, 0.2) is 0 Å². The number of para-hydroxylation sites is 1. The topological polar surface area (TPSA) is 17.3 Å². The van der Waals surface area contributed by atoms with Gasteiger partial charge < -0.3 is 4.57 Å². The van der Waals surface area contributed by atoms with Gasteiger partial charge in [-0.15, -0.1) is 0 Å². The Balaban J connectivity index is 2.48. The average Bonchev–Trinajstić information content (AvgIpc) is 2.72. The van der Waals surface area contributed by atoms with Crippen molar-refractivity contribution in [3.8, 4) is 0 Å². The maximum Gasteiger partial charge on any atom is 0.0747 e. The van der Waals surface area contributed by atoms with Crippen molar-refractivity contribution < 1.29 is 0 Å². The van der Waals surface area contributed by atoms with Crippen LogP contribution in [-0.2, 0) is 6.54 Å². The molecule has 0 fully saturated rings. The van der Waals surface area contributed by atoms with Crippen LogP contribution in [0.15, 0.2) is 47.5 Å². The number of hydrogen-bond donors (Lipinski definition) is 0. The van der Waals surface area contributed by atoms with Gasteiger partial charge in [0.05, 0.1) is 10.8 Å². The minimum Gasteiger partial charge on any atom is -0.341 e. The van der Waals surface area contributed by atoms with Gasteiger partial charge in [0.25, 0.3) is 0 Å². The largest absolute Gasteiger partial charge is 0.341 e. The van der Waals surface area contributed by atoms with Crippen LogP contribution in [0.4, 0.5) is 5.69 Å². The summed E-state index contributed by atoms with van der Waals surface area (Å²) in [6.07, 6.45) is 0. The van der Waals surface area contributed by atoms with E-state index in [0.29, 0.717) is 0 Å². The van der Waals surface area contributed by atoms with Crippen LogP contribution in [0, 0.1) is 0 Å². The van der Waals surface area contributed by atoms with Crippen LogP contribution in [0.2, 0.25) is 0 Å². The van der Waals surface area contributed by atoms with E-state index in [1.165, 1.54) is 21.8 Å². The molecule has 0 aliphatic heterocycles. The maximum atomic E-state index is 4.66. The van der Waals surface area contributed by atoms with E-state index in [9.17, 15) is 0 Å². The van der Waals surface area contributed by atoms with Gasteiger partial charge in [-0.25, -0.2) is 0 Å². The van der Waals surface area contributed by atoms with E-state index >= 15 is 0 Å². The highest BCUT2D eigenvalue weighted by Gasteiger charge is 2.08. The fourth-order valence-corrected chi connectivity index (χ4v) is 2.61. The van der Waals surface area contributed by atoms with E-state index in [2.05, 4.69) is 70.3 Å². The number of aliphatic imine (C=N–C) groups is 1. The lowest BCUT2D eigenvalue weighted by Crippen LogP contribution is -1.92. The fourth-order valence-electron chi connectivity index (χ4n) is 2.50. The zero-order chi connectivity index (χ0) is 12.5. The highest BCUT2D eigenvalue weighted by Crippen LogP contribution is 2.31.